The standard InChI is InChI=1S/C25H29N3O3S2/c1-18-27-20(16-32-18)17-33-24-6-4-3-5-22(24)25(29)26-15-23(28-11-13-31-14-12-28)19-7-9-21(30-2)10-8-19/h3-10,16,23H,11-15,17H2,1-2H3,(H,26,29). The maximum atomic E-state index is 13.2. The number of hydrogen-bond donors (Lipinski definition) is 1. The van der Waals surface area contributed by atoms with Crippen LogP contribution in [0.3, 0.4) is 0 Å². The number of rotatable bonds is 9. The first-order chi connectivity index (χ1) is 16.1. The van der Waals surface area contributed by atoms with Gasteiger partial charge in [0.25, 0.3) is 5.91 Å². The molecule has 1 fully saturated rings. The van der Waals surface area contributed by atoms with E-state index in [0.717, 1.165) is 45.8 Å². The first kappa shape index (κ1) is 23.8. The van der Waals surface area contributed by atoms with Crippen LogP contribution in [0.5, 0.6) is 5.75 Å². The molecule has 1 saturated heterocycles. The van der Waals surface area contributed by atoms with Gasteiger partial charge in [-0.25, -0.2) is 4.98 Å². The van der Waals surface area contributed by atoms with Crippen molar-refractivity contribution in [1.29, 1.82) is 0 Å². The van der Waals surface area contributed by atoms with Gasteiger partial charge in [0.15, 0.2) is 0 Å². The molecule has 0 radical (unpaired) electrons. The molecule has 1 atom stereocenters. The number of nitrogens with one attached hydrogen (secondary N) is 1. The normalized spacial score (nSPS) is 15.2. The van der Waals surface area contributed by atoms with E-state index in [0.29, 0.717) is 25.3 Å². The third-order valence-electron chi connectivity index (χ3n) is 5.62. The van der Waals surface area contributed by atoms with Crippen molar-refractivity contribution < 1.29 is 14.3 Å². The summed E-state index contributed by atoms with van der Waals surface area (Å²) in [6.07, 6.45) is 0. The van der Waals surface area contributed by atoms with Crippen molar-refractivity contribution in [3.05, 3.63) is 75.7 Å². The van der Waals surface area contributed by atoms with Crippen molar-refractivity contribution in [3.63, 3.8) is 0 Å². The highest BCUT2D eigenvalue weighted by Crippen LogP contribution is 2.28. The van der Waals surface area contributed by atoms with Gasteiger partial charge in [-0.2, -0.15) is 0 Å². The molecule has 1 unspecified atom stereocenters. The van der Waals surface area contributed by atoms with Crippen molar-refractivity contribution in [1.82, 2.24) is 15.2 Å². The molecule has 8 heteroatoms. The van der Waals surface area contributed by atoms with E-state index in [1.807, 2.05) is 43.3 Å². The van der Waals surface area contributed by atoms with Crippen LogP contribution in [0.2, 0.25) is 0 Å². The fourth-order valence-corrected chi connectivity index (χ4v) is 5.52. The van der Waals surface area contributed by atoms with Crippen molar-refractivity contribution >= 4 is 29.0 Å². The molecule has 1 amide bonds. The molecule has 2 heterocycles. The van der Waals surface area contributed by atoms with Gasteiger partial charge in [-0.15, -0.1) is 23.1 Å². The summed E-state index contributed by atoms with van der Waals surface area (Å²) in [6.45, 7) is 5.62. The number of benzene rings is 2. The van der Waals surface area contributed by atoms with Gasteiger partial charge < -0.3 is 14.8 Å². The predicted octanol–water partition coefficient (Wildman–Crippen LogP) is 4.56. The fourth-order valence-electron chi connectivity index (χ4n) is 3.86. The quantitative estimate of drug-likeness (QED) is 0.451. The van der Waals surface area contributed by atoms with E-state index in [-0.39, 0.29) is 11.9 Å². The van der Waals surface area contributed by atoms with E-state index in [1.165, 1.54) is 0 Å². The summed E-state index contributed by atoms with van der Waals surface area (Å²) >= 11 is 3.30. The number of aryl methyl sites for hydroxylation is 1. The van der Waals surface area contributed by atoms with E-state index in [1.54, 1.807) is 30.2 Å². The third kappa shape index (κ3) is 6.35. The monoisotopic (exact) mass is 483 g/mol. The molecule has 2 aromatic carbocycles. The van der Waals surface area contributed by atoms with Gasteiger partial charge in [-0.1, -0.05) is 24.3 Å². The zero-order valence-corrected chi connectivity index (χ0v) is 20.6. The minimum absolute atomic E-state index is 0.0562. The molecule has 4 rings (SSSR count). The molecule has 0 aliphatic carbocycles. The lowest BCUT2D eigenvalue weighted by atomic mass is 10.0. The predicted molar refractivity (Wildman–Crippen MR) is 133 cm³/mol. The van der Waals surface area contributed by atoms with Crippen LogP contribution in [0.4, 0.5) is 0 Å². The van der Waals surface area contributed by atoms with E-state index in [4.69, 9.17) is 9.47 Å². The Morgan fingerprint density at radius 1 is 1.21 bits per heavy atom. The summed E-state index contributed by atoms with van der Waals surface area (Å²) in [7, 11) is 1.67. The van der Waals surface area contributed by atoms with Crippen LogP contribution in [-0.4, -0.2) is 55.7 Å². The summed E-state index contributed by atoms with van der Waals surface area (Å²) < 4.78 is 10.9. The zero-order chi connectivity index (χ0) is 23.0. The summed E-state index contributed by atoms with van der Waals surface area (Å²) in [6, 6.07) is 15.9. The smallest absolute Gasteiger partial charge is 0.252 e. The number of methoxy groups -OCH3 is 1. The summed E-state index contributed by atoms with van der Waals surface area (Å²) in [5.41, 5.74) is 2.90. The first-order valence-electron chi connectivity index (χ1n) is 11.0. The maximum Gasteiger partial charge on any atom is 0.252 e. The Morgan fingerprint density at radius 3 is 2.67 bits per heavy atom. The highest BCUT2D eigenvalue weighted by molar-refractivity contribution is 7.98. The van der Waals surface area contributed by atoms with Gasteiger partial charge in [0.2, 0.25) is 0 Å². The maximum absolute atomic E-state index is 13.2. The first-order valence-corrected chi connectivity index (χ1v) is 12.9. The number of thiazole rings is 1. The Morgan fingerprint density at radius 2 is 1.97 bits per heavy atom. The molecule has 0 spiro atoms. The Kier molecular flexibility index (Phi) is 8.39. The Labute approximate surface area is 203 Å². The zero-order valence-electron chi connectivity index (χ0n) is 19.0. The van der Waals surface area contributed by atoms with Gasteiger partial charge in [-0.3, -0.25) is 9.69 Å². The number of morpholine rings is 1. The van der Waals surface area contributed by atoms with Crippen LogP contribution in [0.15, 0.2) is 58.8 Å². The van der Waals surface area contributed by atoms with Gasteiger partial charge in [0, 0.05) is 35.7 Å². The molecule has 1 N–H and O–H groups in total. The number of aromatic nitrogens is 1. The molecule has 174 valence electrons. The lowest BCUT2D eigenvalue weighted by molar-refractivity contribution is 0.0162. The number of nitrogens with zero attached hydrogens (tertiary/aromatic N) is 2. The van der Waals surface area contributed by atoms with Crippen molar-refractivity contribution in [3.8, 4) is 5.75 Å². The lowest BCUT2D eigenvalue weighted by Gasteiger charge is -2.35. The van der Waals surface area contributed by atoms with Gasteiger partial charge in [-0.05, 0) is 36.8 Å². The summed E-state index contributed by atoms with van der Waals surface area (Å²) in [5, 5.41) is 6.32. The molecular weight excluding hydrogens is 454 g/mol. The van der Waals surface area contributed by atoms with Crippen molar-refractivity contribution in [2.45, 2.75) is 23.6 Å². The third-order valence-corrected chi connectivity index (χ3v) is 7.55. The van der Waals surface area contributed by atoms with Crippen molar-refractivity contribution in [2.24, 2.45) is 0 Å². The minimum atomic E-state index is -0.0562. The second-order valence-corrected chi connectivity index (χ2v) is 9.87. The van der Waals surface area contributed by atoms with Crippen LogP contribution in [0.25, 0.3) is 0 Å². The molecule has 1 aliphatic rings. The SMILES string of the molecule is COc1ccc(C(CNC(=O)c2ccccc2SCc2csc(C)n2)N2CCOCC2)cc1. The van der Waals surface area contributed by atoms with E-state index in [9.17, 15) is 4.79 Å². The topological polar surface area (TPSA) is 63.7 Å². The van der Waals surface area contributed by atoms with E-state index >= 15 is 0 Å². The van der Waals surface area contributed by atoms with Gasteiger partial charge in [0.05, 0.1) is 42.6 Å². The van der Waals surface area contributed by atoms with E-state index in [2.05, 4.69) is 32.7 Å². The molecular formula is C25H29N3O3S2. The number of amides is 1. The second-order valence-electron chi connectivity index (χ2n) is 7.79. The van der Waals surface area contributed by atoms with Crippen LogP contribution >= 0.6 is 23.1 Å². The molecule has 6 nitrogen and oxygen atoms in total. The molecule has 0 saturated carbocycles. The number of carbonyl (C=O) groups excluding carboxylic acids is 1. The molecule has 1 aromatic heterocycles. The van der Waals surface area contributed by atoms with Gasteiger partial charge >= 0.3 is 0 Å². The largest absolute Gasteiger partial charge is 0.497 e. The average molecular weight is 484 g/mol. The summed E-state index contributed by atoms with van der Waals surface area (Å²) in [4.78, 5) is 21.1. The molecule has 33 heavy (non-hydrogen) atoms. The fraction of sp³-hybridized carbons (Fsp3) is 0.360. The van der Waals surface area contributed by atoms with Gasteiger partial charge in [0.1, 0.15) is 5.75 Å². The number of thioether (sulfide) groups is 1. The van der Waals surface area contributed by atoms with Crippen LogP contribution in [-0.2, 0) is 10.5 Å². The van der Waals surface area contributed by atoms with Crippen LogP contribution in [0.1, 0.15) is 32.7 Å². The highest BCUT2D eigenvalue weighted by atomic mass is 32.2. The van der Waals surface area contributed by atoms with Crippen LogP contribution in [0, 0.1) is 6.92 Å². The average Bonchev–Trinajstić information content (AvgIpc) is 3.29. The Balaban J connectivity index is 1.45. The molecule has 0 bridgehead atoms. The van der Waals surface area contributed by atoms with Crippen molar-refractivity contribution in [2.75, 3.05) is 40.0 Å². The summed E-state index contributed by atoms with van der Waals surface area (Å²) in [5.74, 6) is 1.51. The number of ether oxygens (including phenoxy) is 2. The highest BCUT2D eigenvalue weighted by Gasteiger charge is 2.24. The second kappa shape index (κ2) is 11.7. The number of carbonyl (C=O) groups is 1. The number of hydrogen-bond acceptors (Lipinski definition) is 7. The van der Waals surface area contributed by atoms with Crippen LogP contribution < -0.4 is 10.1 Å². The lowest BCUT2D eigenvalue weighted by Crippen LogP contribution is -2.43. The Bertz CT molecular complexity index is 1050. The minimum Gasteiger partial charge on any atom is -0.497 e. The molecule has 3 aromatic rings. The molecule has 1 aliphatic heterocycles. The van der Waals surface area contributed by atoms with E-state index < -0.39 is 0 Å². The Hall–Kier alpha value is -2.39.